The summed E-state index contributed by atoms with van der Waals surface area (Å²) >= 11 is 7.85. The maximum absolute atomic E-state index is 10.3. The Morgan fingerprint density at radius 3 is 2.40 bits per heavy atom. The van der Waals surface area contributed by atoms with E-state index in [9.17, 15) is 10.1 Å². The van der Waals surface area contributed by atoms with Gasteiger partial charge >= 0.3 is 0 Å². The molecule has 3 nitrogen and oxygen atoms in total. The maximum atomic E-state index is 10.3. The van der Waals surface area contributed by atoms with Crippen molar-refractivity contribution in [3.63, 3.8) is 0 Å². The van der Waals surface area contributed by atoms with Crippen LogP contribution in [0.2, 0.25) is 0 Å². The number of nitro groups is 1. The average Bonchev–Trinajstić information content (AvgIpc) is 2.14. The molecule has 1 fully saturated rings. The summed E-state index contributed by atoms with van der Waals surface area (Å²) in [6.07, 6.45) is 1.41. The van der Waals surface area contributed by atoms with Crippen LogP contribution >= 0.6 is 34.2 Å². The fourth-order valence-electron chi connectivity index (χ4n) is 1.11. The molecule has 3 atom stereocenters. The van der Waals surface area contributed by atoms with Crippen molar-refractivity contribution < 1.29 is 4.92 Å². The highest BCUT2D eigenvalue weighted by Gasteiger charge is 2.40. The lowest BCUT2D eigenvalue weighted by Crippen LogP contribution is -2.27. The minimum Gasteiger partial charge on any atom is -0.264 e. The Morgan fingerprint density at radius 1 is 1.60 bits per heavy atom. The van der Waals surface area contributed by atoms with Gasteiger partial charge in [-0.25, -0.2) is 0 Å². The van der Waals surface area contributed by atoms with Crippen LogP contribution in [0.5, 0.6) is 0 Å². The zero-order valence-electron chi connectivity index (χ0n) is 5.17. The second kappa shape index (κ2) is 3.21. The quantitative estimate of drug-likeness (QED) is 0.317. The molecule has 3 unspecified atom stereocenters. The number of alkyl halides is 2. The molecule has 0 aliphatic heterocycles. The number of hydrogen-bond acceptors (Lipinski definition) is 2. The second-order valence-electron chi connectivity index (χ2n) is 2.39. The van der Waals surface area contributed by atoms with Gasteiger partial charge in [-0.15, -0.1) is 11.6 Å². The van der Waals surface area contributed by atoms with Gasteiger partial charge < -0.3 is 0 Å². The fourth-order valence-corrected chi connectivity index (χ4v) is 2.39. The molecular weight excluding hydrogens is 268 g/mol. The summed E-state index contributed by atoms with van der Waals surface area (Å²) < 4.78 is 0.00858. The number of halogens is 2. The van der Waals surface area contributed by atoms with Crippen LogP contribution in [0, 0.1) is 10.1 Å². The van der Waals surface area contributed by atoms with Crippen molar-refractivity contribution in [2.24, 2.45) is 0 Å². The standard InChI is InChI=1S/C5H7ClINO2/c6-3-1-2-4(5(3)7)8(9)10/h3-5H,1-2H2. The third-order valence-corrected chi connectivity index (χ3v) is 4.34. The fraction of sp³-hybridized carbons (Fsp3) is 1.00. The van der Waals surface area contributed by atoms with Crippen molar-refractivity contribution >= 4 is 34.2 Å². The maximum Gasteiger partial charge on any atom is 0.226 e. The zero-order chi connectivity index (χ0) is 7.72. The van der Waals surface area contributed by atoms with Crippen LogP contribution in [-0.2, 0) is 0 Å². The summed E-state index contributed by atoms with van der Waals surface area (Å²) in [5.41, 5.74) is 0. The molecule has 58 valence electrons. The molecule has 0 bridgehead atoms. The molecule has 1 aliphatic carbocycles. The van der Waals surface area contributed by atoms with Gasteiger partial charge in [0.2, 0.25) is 6.04 Å². The summed E-state index contributed by atoms with van der Waals surface area (Å²) in [6, 6.07) is -0.414. The SMILES string of the molecule is O=[N+]([O-])C1CCC(Cl)C1I. The minimum absolute atomic E-state index is 0.00370. The van der Waals surface area contributed by atoms with Crippen molar-refractivity contribution in [2.75, 3.05) is 0 Å². The van der Waals surface area contributed by atoms with Crippen molar-refractivity contribution in [2.45, 2.75) is 28.2 Å². The van der Waals surface area contributed by atoms with Gasteiger partial charge in [0.05, 0.1) is 9.30 Å². The Balaban J connectivity index is 2.57. The first-order valence-electron chi connectivity index (χ1n) is 3.04. The van der Waals surface area contributed by atoms with Gasteiger partial charge in [-0.2, -0.15) is 0 Å². The van der Waals surface area contributed by atoms with Crippen LogP contribution in [0.15, 0.2) is 0 Å². The molecule has 0 radical (unpaired) electrons. The van der Waals surface area contributed by atoms with Crippen LogP contribution in [-0.4, -0.2) is 20.3 Å². The van der Waals surface area contributed by atoms with Crippen molar-refractivity contribution in [1.82, 2.24) is 0 Å². The Morgan fingerprint density at radius 2 is 2.20 bits per heavy atom. The first-order chi connectivity index (χ1) is 4.63. The van der Waals surface area contributed by atoms with Gasteiger partial charge in [-0.3, -0.25) is 10.1 Å². The molecule has 0 aromatic rings. The molecule has 0 aromatic carbocycles. The topological polar surface area (TPSA) is 43.1 Å². The van der Waals surface area contributed by atoms with Crippen molar-refractivity contribution in [1.29, 1.82) is 0 Å². The van der Waals surface area contributed by atoms with Crippen LogP contribution < -0.4 is 0 Å². The lowest BCUT2D eigenvalue weighted by molar-refractivity contribution is -0.518. The lowest BCUT2D eigenvalue weighted by atomic mass is 10.3. The largest absolute Gasteiger partial charge is 0.264 e. The van der Waals surface area contributed by atoms with E-state index in [-0.39, 0.29) is 14.2 Å². The van der Waals surface area contributed by atoms with E-state index in [1.165, 1.54) is 0 Å². The van der Waals surface area contributed by atoms with Crippen LogP contribution in [0.1, 0.15) is 12.8 Å². The third kappa shape index (κ3) is 1.53. The first-order valence-corrected chi connectivity index (χ1v) is 4.73. The highest BCUT2D eigenvalue weighted by atomic mass is 127. The molecule has 1 saturated carbocycles. The van der Waals surface area contributed by atoms with E-state index in [0.29, 0.717) is 6.42 Å². The molecule has 0 aromatic heterocycles. The van der Waals surface area contributed by atoms with Crippen LogP contribution in [0.3, 0.4) is 0 Å². The molecular formula is C5H7ClINO2. The minimum atomic E-state index is -0.414. The monoisotopic (exact) mass is 275 g/mol. The van der Waals surface area contributed by atoms with E-state index in [1.807, 2.05) is 0 Å². The van der Waals surface area contributed by atoms with Gasteiger partial charge in [0.1, 0.15) is 0 Å². The Kier molecular flexibility index (Phi) is 2.74. The van der Waals surface area contributed by atoms with E-state index in [4.69, 9.17) is 11.6 Å². The normalized spacial score (nSPS) is 40.0. The van der Waals surface area contributed by atoms with E-state index < -0.39 is 6.04 Å². The molecule has 0 spiro atoms. The van der Waals surface area contributed by atoms with Gasteiger partial charge in [-0.05, 0) is 6.42 Å². The molecule has 10 heavy (non-hydrogen) atoms. The third-order valence-electron chi connectivity index (χ3n) is 1.72. The summed E-state index contributed by atoms with van der Waals surface area (Å²) in [7, 11) is 0. The molecule has 0 amide bonds. The van der Waals surface area contributed by atoms with E-state index >= 15 is 0 Å². The number of rotatable bonds is 1. The molecule has 0 saturated heterocycles. The van der Waals surface area contributed by atoms with Crippen molar-refractivity contribution in [3.8, 4) is 0 Å². The Hall–Kier alpha value is 0.420. The predicted molar refractivity (Wildman–Crippen MR) is 47.5 cm³/mol. The van der Waals surface area contributed by atoms with Crippen molar-refractivity contribution in [3.05, 3.63) is 10.1 Å². The lowest BCUT2D eigenvalue weighted by Gasteiger charge is -2.06. The van der Waals surface area contributed by atoms with E-state index in [0.717, 1.165) is 6.42 Å². The van der Waals surface area contributed by atoms with Crippen LogP contribution in [0.25, 0.3) is 0 Å². The van der Waals surface area contributed by atoms with Gasteiger partial charge in [0, 0.05) is 11.3 Å². The molecule has 1 aliphatic rings. The Labute approximate surface area is 77.4 Å². The van der Waals surface area contributed by atoms with Gasteiger partial charge in [0.15, 0.2) is 0 Å². The summed E-state index contributed by atoms with van der Waals surface area (Å²) in [4.78, 5) is 10.1. The summed E-state index contributed by atoms with van der Waals surface area (Å²) in [5, 5.41) is 10.3. The average molecular weight is 275 g/mol. The highest BCUT2D eigenvalue weighted by molar-refractivity contribution is 14.1. The van der Waals surface area contributed by atoms with E-state index in [1.54, 1.807) is 0 Å². The highest BCUT2D eigenvalue weighted by Crippen LogP contribution is 2.32. The van der Waals surface area contributed by atoms with Gasteiger partial charge in [-0.1, -0.05) is 22.6 Å². The first kappa shape index (κ1) is 8.52. The Bertz CT molecular complexity index is 155. The molecule has 1 rings (SSSR count). The summed E-state index contributed by atoms with van der Waals surface area (Å²) in [5.74, 6) is 0. The molecule has 0 heterocycles. The number of hydrogen-bond donors (Lipinski definition) is 0. The molecule has 5 heteroatoms. The number of nitrogens with zero attached hydrogens (tertiary/aromatic N) is 1. The smallest absolute Gasteiger partial charge is 0.226 e. The second-order valence-corrected chi connectivity index (χ2v) is 4.39. The zero-order valence-corrected chi connectivity index (χ0v) is 8.08. The molecule has 0 N–H and O–H groups in total. The van der Waals surface area contributed by atoms with Gasteiger partial charge in [0.25, 0.3) is 0 Å². The summed E-state index contributed by atoms with van der Waals surface area (Å²) in [6.45, 7) is 0. The van der Waals surface area contributed by atoms with E-state index in [2.05, 4.69) is 22.6 Å². The van der Waals surface area contributed by atoms with Crippen LogP contribution in [0.4, 0.5) is 0 Å². The predicted octanol–water partition coefficient (Wildman–Crippen LogP) is 1.84.